The van der Waals surface area contributed by atoms with Crippen molar-refractivity contribution in [3.8, 4) is 17.2 Å². The quantitative estimate of drug-likeness (QED) is 0.494. The van der Waals surface area contributed by atoms with Crippen molar-refractivity contribution in [3.63, 3.8) is 0 Å². The van der Waals surface area contributed by atoms with Crippen LogP contribution < -0.4 is 5.32 Å². The maximum absolute atomic E-state index is 14.3. The van der Waals surface area contributed by atoms with Crippen LogP contribution in [0.15, 0.2) is 52.9 Å². The molecule has 4 aromatic heterocycles. The highest BCUT2D eigenvalue weighted by Crippen LogP contribution is 2.37. The molecule has 0 spiro atoms. The van der Waals surface area contributed by atoms with Crippen LogP contribution >= 0.6 is 11.8 Å². The van der Waals surface area contributed by atoms with Gasteiger partial charge in [-0.1, -0.05) is 11.8 Å². The largest absolute Gasteiger partial charge is 0.390 e. The third-order valence-corrected chi connectivity index (χ3v) is 6.74. The number of fused-ring (bicyclic) bond motifs is 1. The van der Waals surface area contributed by atoms with E-state index < -0.39 is 11.9 Å². The van der Waals surface area contributed by atoms with Crippen LogP contribution in [0, 0.1) is 24.1 Å². The number of nitrogens with zero attached hydrogens (tertiary/aromatic N) is 6. The van der Waals surface area contributed by atoms with Gasteiger partial charge in [-0.15, -0.1) is 0 Å². The van der Waals surface area contributed by atoms with E-state index in [-0.39, 0.29) is 11.1 Å². The fourth-order valence-electron chi connectivity index (χ4n) is 4.10. The Morgan fingerprint density at radius 3 is 3.00 bits per heavy atom. The molecule has 4 aromatic rings. The van der Waals surface area contributed by atoms with Crippen molar-refractivity contribution in [2.45, 2.75) is 35.4 Å². The fraction of sp³-hybridized carbons (Fsp3) is 0.273. The first kappa shape index (κ1) is 20.6. The highest BCUT2D eigenvalue weighted by molar-refractivity contribution is 7.99. The monoisotopic (exact) mass is 449 g/mol. The molecule has 10 heteroatoms. The van der Waals surface area contributed by atoms with Gasteiger partial charge in [-0.05, 0) is 38.1 Å². The molecular weight excluding hydrogens is 429 g/mol. The summed E-state index contributed by atoms with van der Waals surface area (Å²) < 4.78 is 17.8. The number of aliphatic hydroxyl groups excluding tert-OH is 1. The predicted octanol–water partition coefficient (Wildman–Crippen LogP) is 2.96. The molecule has 0 amide bonds. The second-order valence-electron chi connectivity index (χ2n) is 7.66. The van der Waals surface area contributed by atoms with Crippen molar-refractivity contribution in [2.75, 3.05) is 13.1 Å². The first-order chi connectivity index (χ1) is 15.6. The zero-order valence-corrected chi connectivity index (χ0v) is 18.1. The topological polar surface area (TPSA) is 104 Å². The zero-order chi connectivity index (χ0) is 22.2. The van der Waals surface area contributed by atoms with Gasteiger partial charge in [-0.3, -0.25) is 4.68 Å². The summed E-state index contributed by atoms with van der Waals surface area (Å²) >= 11 is 1.15. The van der Waals surface area contributed by atoms with Gasteiger partial charge in [0.25, 0.3) is 0 Å². The molecule has 1 unspecified atom stereocenters. The van der Waals surface area contributed by atoms with Gasteiger partial charge in [-0.2, -0.15) is 15.5 Å². The van der Waals surface area contributed by atoms with Gasteiger partial charge in [0.2, 0.25) is 0 Å². The lowest BCUT2D eigenvalue weighted by Crippen LogP contribution is -2.42. The second kappa shape index (κ2) is 8.35. The van der Waals surface area contributed by atoms with Gasteiger partial charge < -0.3 is 10.4 Å². The molecule has 5 heterocycles. The maximum Gasteiger partial charge on any atom is 0.155 e. The summed E-state index contributed by atoms with van der Waals surface area (Å²) in [5, 5.41) is 32.3. The Bertz CT molecular complexity index is 1340. The predicted molar refractivity (Wildman–Crippen MR) is 117 cm³/mol. The van der Waals surface area contributed by atoms with E-state index in [1.54, 1.807) is 10.7 Å². The summed E-state index contributed by atoms with van der Waals surface area (Å²) in [4.78, 5) is 4.81. The van der Waals surface area contributed by atoms with Crippen LogP contribution in [0.3, 0.4) is 0 Å². The summed E-state index contributed by atoms with van der Waals surface area (Å²) in [7, 11) is 0. The van der Waals surface area contributed by atoms with E-state index in [0.717, 1.165) is 41.5 Å². The number of aromatic nitrogens is 5. The lowest BCUT2D eigenvalue weighted by molar-refractivity contribution is 0.0800. The lowest BCUT2D eigenvalue weighted by Gasteiger charge is -2.29. The van der Waals surface area contributed by atoms with Crippen molar-refractivity contribution < 1.29 is 9.50 Å². The van der Waals surface area contributed by atoms with Gasteiger partial charge >= 0.3 is 0 Å². The van der Waals surface area contributed by atoms with E-state index in [1.165, 1.54) is 24.5 Å². The summed E-state index contributed by atoms with van der Waals surface area (Å²) in [6.07, 6.45) is 6.91. The summed E-state index contributed by atoms with van der Waals surface area (Å²) in [5.41, 5.74) is 3.64. The van der Waals surface area contributed by atoms with Crippen LogP contribution in [-0.2, 0) is 0 Å². The van der Waals surface area contributed by atoms with Crippen molar-refractivity contribution >= 4 is 17.3 Å². The van der Waals surface area contributed by atoms with Crippen LogP contribution in [0.5, 0.6) is 0 Å². The Hall–Kier alpha value is -3.26. The standard InChI is InChI=1S/C22H20FN7OS/c1-13-16(10-28-30(13)18-4-6-25-11-19(18)31)14-7-20(32-22-17(23)3-2-5-26-22)21-15(8-24)9-27-29(21)12-14/h2-3,5,7,9-10,12,18-19,25,31H,4,6,11H2,1H3/t18?,19-/m1/s1. The molecule has 1 fully saturated rings. The Morgan fingerprint density at radius 1 is 1.34 bits per heavy atom. The van der Waals surface area contributed by atoms with Crippen molar-refractivity contribution in [1.82, 2.24) is 29.7 Å². The van der Waals surface area contributed by atoms with Crippen molar-refractivity contribution in [1.29, 1.82) is 5.26 Å². The molecule has 2 atom stereocenters. The van der Waals surface area contributed by atoms with Gasteiger partial charge in [0.1, 0.15) is 11.1 Å². The number of rotatable bonds is 4. The van der Waals surface area contributed by atoms with E-state index in [4.69, 9.17) is 0 Å². The number of nitrogens with one attached hydrogen (secondary N) is 1. The minimum Gasteiger partial charge on any atom is -0.390 e. The van der Waals surface area contributed by atoms with Crippen LogP contribution in [0.25, 0.3) is 16.6 Å². The van der Waals surface area contributed by atoms with E-state index in [0.29, 0.717) is 22.5 Å². The van der Waals surface area contributed by atoms with Crippen LogP contribution in [0.2, 0.25) is 0 Å². The number of aliphatic hydroxyl groups is 1. The molecule has 5 rings (SSSR count). The first-order valence-electron chi connectivity index (χ1n) is 10.2. The Kier molecular flexibility index (Phi) is 5.38. The highest BCUT2D eigenvalue weighted by atomic mass is 32.2. The van der Waals surface area contributed by atoms with E-state index in [1.807, 2.05) is 23.9 Å². The van der Waals surface area contributed by atoms with E-state index >= 15 is 0 Å². The van der Waals surface area contributed by atoms with Gasteiger partial charge in [-0.25, -0.2) is 13.9 Å². The third kappa shape index (κ3) is 3.54. The molecule has 1 saturated heterocycles. The van der Waals surface area contributed by atoms with Crippen molar-refractivity contribution in [3.05, 3.63) is 60.1 Å². The number of halogens is 1. The Labute approximate surface area is 187 Å². The minimum absolute atomic E-state index is 0.0971. The maximum atomic E-state index is 14.3. The molecule has 32 heavy (non-hydrogen) atoms. The third-order valence-electron chi connectivity index (χ3n) is 5.71. The molecule has 1 aliphatic heterocycles. The molecule has 0 aliphatic carbocycles. The molecule has 0 aromatic carbocycles. The van der Waals surface area contributed by atoms with Crippen LogP contribution in [-0.4, -0.2) is 48.7 Å². The number of β-amino-alcohol motifs (C(OH)–C–C–N with tert-alkyl or cyclic N) is 1. The van der Waals surface area contributed by atoms with Gasteiger partial charge in [0.05, 0.1) is 35.6 Å². The molecule has 162 valence electrons. The minimum atomic E-state index is -0.514. The smallest absolute Gasteiger partial charge is 0.155 e. The summed E-state index contributed by atoms with van der Waals surface area (Å²) in [5.74, 6) is -0.428. The van der Waals surface area contributed by atoms with Gasteiger partial charge in [0.15, 0.2) is 5.82 Å². The summed E-state index contributed by atoms with van der Waals surface area (Å²) in [6.45, 7) is 3.32. The van der Waals surface area contributed by atoms with E-state index in [9.17, 15) is 14.8 Å². The first-order valence-corrected chi connectivity index (χ1v) is 11.0. The molecule has 1 aliphatic rings. The van der Waals surface area contributed by atoms with Crippen LogP contribution in [0.1, 0.15) is 23.7 Å². The molecule has 0 bridgehead atoms. The number of pyridine rings is 2. The highest BCUT2D eigenvalue weighted by Gasteiger charge is 2.27. The average Bonchev–Trinajstić information content (AvgIpc) is 3.39. The molecule has 0 radical (unpaired) electrons. The van der Waals surface area contributed by atoms with Crippen LogP contribution in [0.4, 0.5) is 4.39 Å². The molecule has 8 nitrogen and oxygen atoms in total. The van der Waals surface area contributed by atoms with E-state index in [2.05, 4.69) is 26.6 Å². The number of hydrogen-bond donors (Lipinski definition) is 2. The average molecular weight is 450 g/mol. The Balaban J connectivity index is 1.62. The number of piperidine rings is 1. The number of nitriles is 1. The molecule has 2 N–H and O–H groups in total. The lowest BCUT2D eigenvalue weighted by atomic mass is 10.0. The van der Waals surface area contributed by atoms with Crippen molar-refractivity contribution in [2.24, 2.45) is 0 Å². The molecular formula is C22H20FN7OS. The normalized spacial score (nSPS) is 18.7. The number of hydrogen-bond acceptors (Lipinski definition) is 7. The fourth-order valence-corrected chi connectivity index (χ4v) is 5.07. The molecule has 0 saturated carbocycles. The summed E-state index contributed by atoms with van der Waals surface area (Å²) in [6, 6.07) is 6.86. The zero-order valence-electron chi connectivity index (χ0n) is 17.2. The second-order valence-corrected chi connectivity index (χ2v) is 8.70. The van der Waals surface area contributed by atoms with Gasteiger partial charge in [0, 0.05) is 40.7 Å². The Morgan fingerprint density at radius 2 is 2.22 bits per heavy atom. The SMILES string of the molecule is Cc1c(-c2cc(Sc3ncccc3F)c3c(C#N)cnn3c2)cnn1C1CCNC[C@H]1O.